The topological polar surface area (TPSA) is 64.3 Å². The summed E-state index contributed by atoms with van der Waals surface area (Å²) in [6, 6.07) is 9.83. The van der Waals surface area contributed by atoms with E-state index in [9.17, 15) is 4.79 Å². The maximum absolute atomic E-state index is 12.3. The van der Waals surface area contributed by atoms with Crippen molar-refractivity contribution in [3.63, 3.8) is 0 Å². The van der Waals surface area contributed by atoms with Gasteiger partial charge in [-0.3, -0.25) is 4.79 Å². The van der Waals surface area contributed by atoms with Crippen LogP contribution in [0.25, 0.3) is 10.1 Å². The Bertz CT molecular complexity index is 590. The summed E-state index contributed by atoms with van der Waals surface area (Å²) in [6.07, 6.45) is 0.860. The second-order valence-corrected chi connectivity index (χ2v) is 6.12. The highest BCUT2D eigenvalue weighted by Gasteiger charge is 2.40. The summed E-state index contributed by atoms with van der Waals surface area (Å²) in [4.78, 5) is 13.0. The predicted octanol–water partition coefficient (Wildman–Crippen LogP) is 2.14. The first-order valence-electron chi connectivity index (χ1n) is 6.85. The number of carbonyl (C=O) groups excluding carboxylic acids is 1. The number of thiophene rings is 1. The summed E-state index contributed by atoms with van der Waals surface area (Å²) in [7, 11) is 0. The van der Waals surface area contributed by atoms with Crippen molar-refractivity contribution in [2.45, 2.75) is 31.5 Å². The van der Waals surface area contributed by atoms with Gasteiger partial charge in [0, 0.05) is 17.3 Å². The molecule has 1 aliphatic carbocycles. The number of nitrogens with two attached hydrogens (primary N) is 1. The second kappa shape index (κ2) is 5.52. The van der Waals surface area contributed by atoms with E-state index in [4.69, 9.17) is 10.5 Å². The van der Waals surface area contributed by atoms with Gasteiger partial charge < -0.3 is 15.8 Å². The quantitative estimate of drug-likeness (QED) is 0.906. The molecule has 3 atom stereocenters. The smallest absolute Gasteiger partial charge is 0.261 e. The van der Waals surface area contributed by atoms with E-state index in [1.807, 2.05) is 37.3 Å². The standard InChI is InChI=1S/C15H18N2O2S/c1-2-19-11-8-10(16)14(11)17-15(18)13-7-9-5-3-4-6-12(9)20-13/h3-7,10-11,14H,2,8,16H2,1H3,(H,17,18). The van der Waals surface area contributed by atoms with Crippen molar-refractivity contribution in [3.05, 3.63) is 35.2 Å². The van der Waals surface area contributed by atoms with Crippen LogP contribution in [0.15, 0.2) is 30.3 Å². The fourth-order valence-electron chi connectivity index (χ4n) is 2.54. The van der Waals surface area contributed by atoms with Crippen molar-refractivity contribution in [3.8, 4) is 0 Å². The van der Waals surface area contributed by atoms with Crippen LogP contribution >= 0.6 is 11.3 Å². The first kappa shape index (κ1) is 13.5. The van der Waals surface area contributed by atoms with Gasteiger partial charge in [0.25, 0.3) is 5.91 Å². The largest absolute Gasteiger partial charge is 0.376 e. The average Bonchev–Trinajstić information content (AvgIpc) is 2.88. The fourth-order valence-corrected chi connectivity index (χ4v) is 3.51. The van der Waals surface area contributed by atoms with Crippen LogP contribution in [0.1, 0.15) is 23.0 Å². The molecule has 3 rings (SSSR count). The number of nitrogens with one attached hydrogen (secondary N) is 1. The molecule has 0 aliphatic heterocycles. The van der Waals surface area contributed by atoms with Crippen LogP contribution in [0.5, 0.6) is 0 Å². The Hall–Kier alpha value is -1.43. The molecule has 1 aromatic carbocycles. The van der Waals surface area contributed by atoms with Gasteiger partial charge in [-0.05, 0) is 30.9 Å². The highest BCUT2D eigenvalue weighted by Crippen LogP contribution is 2.27. The summed E-state index contributed by atoms with van der Waals surface area (Å²) in [5.74, 6) is -0.0592. The fraction of sp³-hybridized carbons (Fsp3) is 0.400. The molecular weight excluding hydrogens is 272 g/mol. The van der Waals surface area contributed by atoms with Gasteiger partial charge in [-0.25, -0.2) is 0 Å². The van der Waals surface area contributed by atoms with Crippen molar-refractivity contribution in [2.24, 2.45) is 5.73 Å². The molecule has 1 aliphatic rings. The van der Waals surface area contributed by atoms with Crippen molar-refractivity contribution in [1.29, 1.82) is 0 Å². The Labute approximate surface area is 121 Å². The molecule has 1 fully saturated rings. The normalized spacial score (nSPS) is 25.4. The molecule has 4 nitrogen and oxygen atoms in total. The van der Waals surface area contributed by atoms with Crippen LogP contribution in [0.4, 0.5) is 0 Å². The van der Waals surface area contributed by atoms with Crippen molar-refractivity contribution < 1.29 is 9.53 Å². The lowest BCUT2D eigenvalue weighted by molar-refractivity contribution is -0.0299. The number of hydrogen-bond acceptors (Lipinski definition) is 4. The molecular formula is C15H18N2O2S. The number of benzene rings is 1. The zero-order valence-electron chi connectivity index (χ0n) is 11.3. The number of carbonyl (C=O) groups is 1. The molecule has 106 valence electrons. The molecule has 5 heteroatoms. The van der Waals surface area contributed by atoms with Crippen LogP contribution in [-0.4, -0.2) is 30.7 Å². The van der Waals surface area contributed by atoms with Crippen molar-refractivity contribution in [2.75, 3.05) is 6.61 Å². The van der Waals surface area contributed by atoms with Crippen molar-refractivity contribution in [1.82, 2.24) is 5.32 Å². The molecule has 0 saturated heterocycles. The van der Waals surface area contributed by atoms with E-state index in [1.165, 1.54) is 11.3 Å². The van der Waals surface area contributed by atoms with Gasteiger partial charge >= 0.3 is 0 Å². The molecule has 2 aromatic rings. The minimum Gasteiger partial charge on any atom is -0.376 e. The highest BCUT2D eigenvalue weighted by molar-refractivity contribution is 7.20. The number of hydrogen-bond donors (Lipinski definition) is 2. The van der Waals surface area contributed by atoms with E-state index >= 15 is 0 Å². The van der Waals surface area contributed by atoms with Gasteiger partial charge in [0.15, 0.2) is 0 Å². The van der Waals surface area contributed by atoms with Crippen LogP contribution < -0.4 is 11.1 Å². The van der Waals surface area contributed by atoms with Gasteiger partial charge in [-0.2, -0.15) is 0 Å². The summed E-state index contributed by atoms with van der Waals surface area (Å²) in [5.41, 5.74) is 5.95. The lowest BCUT2D eigenvalue weighted by atomic mass is 9.83. The minimum atomic E-state index is -0.0762. The van der Waals surface area contributed by atoms with Gasteiger partial charge in [-0.1, -0.05) is 18.2 Å². The van der Waals surface area contributed by atoms with Gasteiger partial charge in [0.2, 0.25) is 0 Å². The Morgan fingerprint density at radius 2 is 2.30 bits per heavy atom. The third kappa shape index (κ3) is 2.44. The maximum Gasteiger partial charge on any atom is 0.261 e. The van der Waals surface area contributed by atoms with Crippen molar-refractivity contribution >= 4 is 27.3 Å². The lowest BCUT2D eigenvalue weighted by Crippen LogP contribution is -2.64. The summed E-state index contributed by atoms with van der Waals surface area (Å²) in [6.45, 7) is 2.60. The number of ether oxygens (including phenoxy) is 1. The van der Waals surface area contributed by atoms with Gasteiger partial charge in [-0.15, -0.1) is 11.3 Å². The minimum absolute atomic E-state index is 0.00937. The monoisotopic (exact) mass is 290 g/mol. The summed E-state index contributed by atoms with van der Waals surface area (Å²) >= 11 is 1.50. The number of fused-ring (bicyclic) bond motifs is 1. The molecule has 1 heterocycles. The third-order valence-corrected chi connectivity index (χ3v) is 4.81. The molecule has 1 saturated carbocycles. The molecule has 0 spiro atoms. The molecule has 1 aromatic heterocycles. The van der Waals surface area contributed by atoms with E-state index in [1.54, 1.807) is 0 Å². The Balaban J connectivity index is 1.72. The van der Waals surface area contributed by atoms with Crippen LogP contribution in [0.2, 0.25) is 0 Å². The Kier molecular flexibility index (Phi) is 3.74. The predicted molar refractivity (Wildman–Crippen MR) is 81.1 cm³/mol. The zero-order valence-corrected chi connectivity index (χ0v) is 12.2. The first-order valence-corrected chi connectivity index (χ1v) is 7.67. The maximum atomic E-state index is 12.3. The molecule has 3 N–H and O–H groups in total. The first-order chi connectivity index (χ1) is 9.69. The van der Waals surface area contributed by atoms with E-state index in [-0.39, 0.29) is 24.1 Å². The average molecular weight is 290 g/mol. The van der Waals surface area contributed by atoms with E-state index in [2.05, 4.69) is 5.32 Å². The number of rotatable bonds is 4. The summed E-state index contributed by atoms with van der Waals surface area (Å²) in [5, 5.41) is 4.10. The highest BCUT2D eigenvalue weighted by atomic mass is 32.1. The molecule has 20 heavy (non-hydrogen) atoms. The van der Waals surface area contributed by atoms with Crippen LogP contribution in [0, 0.1) is 0 Å². The zero-order chi connectivity index (χ0) is 14.1. The number of amides is 1. The van der Waals surface area contributed by atoms with Crippen LogP contribution in [-0.2, 0) is 4.74 Å². The molecule has 0 radical (unpaired) electrons. The Morgan fingerprint density at radius 1 is 1.50 bits per heavy atom. The van der Waals surface area contributed by atoms with Crippen LogP contribution in [0.3, 0.4) is 0 Å². The molecule has 3 unspecified atom stereocenters. The Morgan fingerprint density at radius 3 is 3.00 bits per heavy atom. The van der Waals surface area contributed by atoms with E-state index in [0.717, 1.165) is 21.4 Å². The third-order valence-electron chi connectivity index (χ3n) is 3.69. The summed E-state index contributed by atoms with van der Waals surface area (Å²) < 4.78 is 6.69. The molecule has 0 bridgehead atoms. The lowest BCUT2D eigenvalue weighted by Gasteiger charge is -2.42. The van der Waals surface area contributed by atoms with E-state index in [0.29, 0.717) is 6.61 Å². The van der Waals surface area contributed by atoms with E-state index < -0.39 is 0 Å². The van der Waals surface area contributed by atoms with Gasteiger partial charge in [0.05, 0.1) is 17.0 Å². The van der Waals surface area contributed by atoms with Gasteiger partial charge in [0.1, 0.15) is 0 Å². The second-order valence-electron chi connectivity index (χ2n) is 5.04. The SMILES string of the molecule is CCOC1CC(N)C1NC(=O)c1cc2ccccc2s1. The molecule has 1 amide bonds.